The van der Waals surface area contributed by atoms with Gasteiger partial charge in [0, 0.05) is 19.1 Å². The molecule has 0 N–H and O–H groups in total. The molecule has 0 radical (unpaired) electrons. The molecule has 1 unspecified atom stereocenters. The summed E-state index contributed by atoms with van der Waals surface area (Å²) in [5.74, 6) is 3.70. The van der Waals surface area contributed by atoms with Gasteiger partial charge in [-0.2, -0.15) is 0 Å². The van der Waals surface area contributed by atoms with E-state index >= 15 is 0 Å². The van der Waals surface area contributed by atoms with Crippen LogP contribution in [0.3, 0.4) is 0 Å². The smallest absolute Gasteiger partial charge is 0.00983 e. The van der Waals surface area contributed by atoms with Gasteiger partial charge in [0.25, 0.3) is 0 Å². The quantitative estimate of drug-likeness (QED) is 0.603. The van der Waals surface area contributed by atoms with Crippen molar-refractivity contribution in [1.29, 1.82) is 0 Å². The van der Waals surface area contributed by atoms with Gasteiger partial charge in [-0.1, -0.05) is 32.4 Å². The van der Waals surface area contributed by atoms with E-state index in [1.807, 2.05) is 0 Å². The maximum atomic E-state index is 2.83. The van der Waals surface area contributed by atoms with Gasteiger partial charge in [-0.05, 0) is 76.0 Å². The van der Waals surface area contributed by atoms with Crippen molar-refractivity contribution in [3.05, 3.63) is 11.6 Å². The summed E-state index contributed by atoms with van der Waals surface area (Å²) in [5, 5.41) is 0. The predicted octanol–water partition coefficient (Wildman–Crippen LogP) is 5.52. The highest BCUT2D eigenvalue weighted by Gasteiger charge is 2.34. The Morgan fingerprint density at radius 1 is 1.10 bits per heavy atom. The van der Waals surface area contributed by atoms with Crippen molar-refractivity contribution in [2.24, 2.45) is 23.7 Å². The molecular formula is C20H37N. The molecule has 21 heavy (non-hydrogen) atoms. The standard InChI is InChI=1S/C20H37N/c1-15(2)7-6-8-18(5)19-9-10-20(12-19)21-13-16(3)11-17(4)14-21/h7,16-20H,6,8-14H2,1-5H3/t16-,17+,18?,19-,20+/m1/s1. The number of allylic oxidation sites excluding steroid dienone is 2. The Hall–Kier alpha value is -0.300. The second kappa shape index (κ2) is 7.81. The van der Waals surface area contributed by atoms with Crippen LogP contribution in [-0.4, -0.2) is 24.0 Å². The van der Waals surface area contributed by atoms with E-state index in [1.165, 1.54) is 57.2 Å². The molecule has 0 aromatic rings. The van der Waals surface area contributed by atoms with E-state index in [1.54, 1.807) is 0 Å². The van der Waals surface area contributed by atoms with Crippen LogP contribution in [0.2, 0.25) is 0 Å². The average molecular weight is 292 g/mol. The monoisotopic (exact) mass is 291 g/mol. The van der Waals surface area contributed by atoms with Crippen LogP contribution in [0.5, 0.6) is 0 Å². The molecule has 2 rings (SSSR count). The van der Waals surface area contributed by atoms with Gasteiger partial charge in [-0.15, -0.1) is 0 Å². The molecule has 1 saturated carbocycles. The number of nitrogens with zero attached hydrogens (tertiary/aromatic N) is 1. The van der Waals surface area contributed by atoms with Crippen molar-refractivity contribution >= 4 is 0 Å². The van der Waals surface area contributed by atoms with Gasteiger partial charge in [-0.25, -0.2) is 0 Å². The summed E-state index contributed by atoms with van der Waals surface area (Å²) in [6.07, 6.45) is 10.9. The first-order valence-corrected chi connectivity index (χ1v) is 9.33. The van der Waals surface area contributed by atoms with Gasteiger partial charge >= 0.3 is 0 Å². The van der Waals surface area contributed by atoms with Crippen LogP contribution in [0.25, 0.3) is 0 Å². The van der Waals surface area contributed by atoms with Gasteiger partial charge in [-0.3, -0.25) is 4.90 Å². The highest BCUT2D eigenvalue weighted by molar-refractivity contribution is 4.94. The Kier molecular flexibility index (Phi) is 6.34. The molecule has 1 heterocycles. The van der Waals surface area contributed by atoms with Crippen LogP contribution in [0, 0.1) is 23.7 Å². The van der Waals surface area contributed by atoms with E-state index in [2.05, 4.69) is 45.6 Å². The normalized spacial score (nSPS) is 35.7. The molecule has 2 fully saturated rings. The molecule has 122 valence electrons. The Bertz CT molecular complexity index is 332. The van der Waals surface area contributed by atoms with Crippen LogP contribution in [0.4, 0.5) is 0 Å². The molecule has 0 aromatic carbocycles. The van der Waals surface area contributed by atoms with Crippen molar-refractivity contribution in [3.8, 4) is 0 Å². The fraction of sp³-hybridized carbons (Fsp3) is 0.900. The molecule has 2 aliphatic rings. The lowest BCUT2D eigenvalue weighted by atomic mass is 9.87. The van der Waals surface area contributed by atoms with Crippen LogP contribution in [0.15, 0.2) is 11.6 Å². The van der Waals surface area contributed by atoms with Crippen LogP contribution < -0.4 is 0 Å². The summed E-state index contributed by atoms with van der Waals surface area (Å²) in [6.45, 7) is 14.5. The van der Waals surface area contributed by atoms with E-state index in [0.717, 1.165) is 29.7 Å². The van der Waals surface area contributed by atoms with E-state index in [0.29, 0.717) is 0 Å². The third kappa shape index (κ3) is 5.13. The number of hydrogen-bond acceptors (Lipinski definition) is 1. The molecule has 1 nitrogen and oxygen atoms in total. The molecule has 1 aliphatic carbocycles. The maximum absolute atomic E-state index is 2.83. The van der Waals surface area contributed by atoms with Crippen molar-refractivity contribution < 1.29 is 0 Å². The average Bonchev–Trinajstić information content (AvgIpc) is 2.86. The molecule has 5 atom stereocenters. The predicted molar refractivity (Wildman–Crippen MR) is 93.5 cm³/mol. The first-order chi connectivity index (χ1) is 9.95. The van der Waals surface area contributed by atoms with E-state index in [4.69, 9.17) is 0 Å². The molecule has 1 saturated heterocycles. The van der Waals surface area contributed by atoms with Crippen LogP contribution >= 0.6 is 0 Å². The second-order valence-electron chi connectivity index (χ2n) is 8.46. The van der Waals surface area contributed by atoms with Gasteiger partial charge in [0.1, 0.15) is 0 Å². The summed E-state index contributed by atoms with van der Waals surface area (Å²) < 4.78 is 0. The van der Waals surface area contributed by atoms with Crippen LogP contribution in [0.1, 0.15) is 73.1 Å². The van der Waals surface area contributed by atoms with Gasteiger partial charge in [0.05, 0.1) is 0 Å². The lowest BCUT2D eigenvalue weighted by Crippen LogP contribution is -2.44. The molecule has 0 amide bonds. The zero-order valence-electron chi connectivity index (χ0n) is 15.1. The second-order valence-corrected chi connectivity index (χ2v) is 8.46. The van der Waals surface area contributed by atoms with Crippen molar-refractivity contribution in [1.82, 2.24) is 4.90 Å². The zero-order valence-corrected chi connectivity index (χ0v) is 15.1. The van der Waals surface area contributed by atoms with Gasteiger partial charge < -0.3 is 0 Å². The topological polar surface area (TPSA) is 3.24 Å². The zero-order chi connectivity index (χ0) is 15.4. The largest absolute Gasteiger partial charge is 0.300 e. The maximum Gasteiger partial charge on any atom is 0.00983 e. The van der Waals surface area contributed by atoms with Crippen molar-refractivity contribution in [2.75, 3.05) is 13.1 Å². The third-order valence-corrected chi connectivity index (χ3v) is 5.84. The SMILES string of the molecule is CC(C)=CCCC(C)[C@@H]1CC[C@H](N2C[C@H](C)C[C@H](C)C2)C1. The lowest BCUT2D eigenvalue weighted by Gasteiger charge is -2.39. The highest BCUT2D eigenvalue weighted by atomic mass is 15.2. The minimum Gasteiger partial charge on any atom is -0.300 e. The van der Waals surface area contributed by atoms with E-state index in [9.17, 15) is 0 Å². The molecule has 0 bridgehead atoms. The molecule has 1 aliphatic heterocycles. The number of likely N-dealkylation sites (tertiary alicyclic amines) is 1. The Morgan fingerprint density at radius 3 is 2.38 bits per heavy atom. The number of piperidine rings is 1. The molecule has 0 aromatic heterocycles. The molecular weight excluding hydrogens is 254 g/mol. The summed E-state index contributed by atoms with van der Waals surface area (Å²) in [6, 6.07) is 0.895. The third-order valence-electron chi connectivity index (χ3n) is 5.84. The summed E-state index contributed by atoms with van der Waals surface area (Å²) in [7, 11) is 0. The molecule has 0 spiro atoms. The number of hydrogen-bond donors (Lipinski definition) is 0. The van der Waals surface area contributed by atoms with E-state index in [-0.39, 0.29) is 0 Å². The summed E-state index contributed by atoms with van der Waals surface area (Å²) >= 11 is 0. The highest BCUT2D eigenvalue weighted by Crippen LogP contribution is 2.38. The first-order valence-electron chi connectivity index (χ1n) is 9.33. The number of rotatable bonds is 5. The molecule has 1 heteroatoms. The van der Waals surface area contributed by atoms with Crippen LogP contribution in [-0.2, 0) is 0 Å². The van der Waals surface area contributed by atoms with E-state index < -0.39 is 0 Å². The fourth-order valence-corrected chi connectivity index (χ4v) is 4.72. The minimum absolute atomic E-state index is 0.895. The fourth-order valence-electron chi connectivity index (χ4n) is 4.72. The van der Waals surface area contributed by atoms with Gasteiger partial charge in [0.2, 0.25) is 0 Å². The van der Waals surface area contributed by atoms with Crippen molar-refractivity contribution in [2.45, 2.75) is 79.2 Å². The van der Waals surface area contributed by atoms with Crippen molar-refractivity contribution in [3.63, 3.8) is 0 Å². The minimum atomic E-state index is 0.895. The van der Waals surface area contributed by atoms with Gasteiger partial charge in [0.15, 0.2) is 0 Å². The first kappa shape index (κ1) is 17.1. The summed E-state index contributed by atoms with van der Waals surface area (Å²) in [5.41, 5.74) is 1.47. The Labute approximate surface area is 133 Å². The summed E-state index contributed by atoms with van der Waals surface area (Å²) in [4.78, 5) is 2.83. The Morgan fingerprint density at radius 2 is 1.76 bits per heavy atom. The Balaban J connectivity index is 1.78. The lowest BCUT2D eigenvalue weighted by molar-refractivity contribution is 0.0941.